The molecule has 7 nitrogen and oxygen atoms in total. The minimum atomic E-state index is -0.551. The zero-order valence-electron chi connectivity index (χ0n) is 20.1. The van der Waals surface area contributed by atoms with Crippen molar-refractivity contribution in [2.24, 2.45) is 0 Å². The quantitative estimate of drug-likeness (QED) is 0.244. The van der Waals surface area contributed by atoms with Crippen LogP contribution in [0.1, 0.15) is 50.6 Å². The molecule has 182 valence electrons. The molecule has 0 saturated carbocycles. The number of fused-ring (bicyclic) bond motifs is 2. The van der Waals surface area contributed by atoms with Crippen molar-refractivity contribution in [1.29, 1.82) is 0 Å². The van der Waals surface area contributed by atoms with Gasteiger partial charge in [0, 0.05) is 11.5 Å². The second-order valence-electron chi connectivity index (χ2n) is 8.44. The molecule has 4 aromatic rings. The van der Waals surface area contributed by atoms with Crippen LogP contribution in [0.3, 0.4) is 0 Å². The predicted molar refractivity (Wildman–Crippen MR) is 135 cm³/mol. The first-order valence-corrected chi connectivity index (χ1v) is 11.7. The van der Waals surface area contributed by atoms with Crippen molar-refractivity contribution < 1.29 is 28.2 Å². The number of Topliss-reactive ketones (excluding diaryl/α,β-unsaturated/α-hetero) is 1. The summed E-state index contributed by atoms with van der Waals surface area (Å²) < 4.78 is 21.6. The highest BCUT2D eigenvalue weighted by molar-refractivity contribution is 6.08. The summed E-state index contributed by atoms with van der Waals surface area (Å²) in [5.74, 6) is 0.734. The lowest BCUT2D eigenvalue weighted by Crippen LogP contribution is -2.19. The molecule has 0 bridgehead atoms. The van der Waals surface area contributed by atoms with E-state index in [-0.39, 0.29) is 5.78 Å². The van der Waals surface area contributed by atoms with Crippen molar-refractivity contribution in [3.8, 4) is 11.5 Å². The third-order valence-corrected chi connectivity index (χ3v) is 6.28. The van der Waals surface area contributed by atoms with Crippen LogP contribution in [0.4, 0.5) is 0 Å². The fourth-order valence-corrected chi connectivity index (χ4v) is 4.56. The summed E-state index contributed by atoms with van der Waals surface area (Å²) in [4.78, 5) is 31.3. The van der Waals surface area contributed by atoms with Crippen LogP contribution in [0.25, 0.3) is 22.6 Å². The number of para-hydroxylation sites is 1. The Morgan fingerprint density at radius 3 is 2.67 bits per heavy atom. The molecule has 0 radical (unpaired) electrons. The molecule has 2 aromatic carbocycles. The zero-order chi connectivity index (χ0) is 25.1. The van der Waals surface area contributed by atoms with Crippen molar-refractivity contribution in [3.63, 3.8) is 0 Å². The first-order valence-electron chi connectivity index (χ1n) is 11.7. The second kappa shape index (κ2) is 10.1. The number of allylic oxidation sites excluding steroid dienone is 1. The van der Waals surface area contributed by atoms with Gasteiger partial charge < -0.3 is 18.6 Å². The molecule has 2 aromatic heterocycles. The van der Waals surface area contributed by atoms with E-state index in [1.165, 1.54) is 14.2 Å². The van der Waals surface area contributed by atoms with Crippen LogP contribution >= 0.6 is 0 Å². The van der Waals surface area contributed by atoms with Gasteiger partial charge in [-0.1, -0.05) is 18.2 Å². The van der Waals surface area contributed by atoms with Gasteiger partial charge in [0.1, 0.15) is 17.3 Å². The average molecular weight is 484 g/mol. The normalized spacial score (nSPS) is 13.9. The number of ether oxygens (including phenoxy) is 3. The SMILES string of the molecule is COc1ccc(C(=O)COC(=O)c2c3c(nc4ccccc24)/C(=C/c2ccco2)CCC3)c(OC)c1. The van der Waals surface area contributed by atoms with E-state index in [2.05, 4.69) is 0 Å². The Morgan fingerprint density at radius 1 is 1.03 bits per heavy atom. The second-order valence-corrected chi connectivity index (χ2v) is 8.44. The minimum absolute atomic E-state index is 0.316. The number of pyridine rings is 1. The van der Waals surface area contributed by atoms with E-state index >= 15 is 0 Å². The van der Waals surface area contributed by atoms with Crippen molar-refractivity contribution in [2.75, 3.05) is 20.8 Å². The first kappa shape index (κ1) is 23.4. The number of carbonyl (C=O) groups is 2. The maximum absolute atomic E-state index is 13.5. The van der Waals surface area contributed by atoms with Crippen LogP contribution in [0, 0.1) is 0 Å². The molecule has 1 aliphatic rings. The van der Waals surface area contributed by atoms with Gasteiger partial charge in [-0.2, -0.15) is 0 Å². The van der Waals surface area contributed by atoms with Crippen LogP contribution in [0.15, 0.2) is 65.3 Å². The smallest absolute Gasteiger partial charge is 0.339 e. The van der Waals surface area contributed by atoms with Gasteiger partial charge >= 0.3 is 5.97 Å². The molecule has 0 fully saturated rings. The van der Waals surface area contributed by atoms with Crippen LogP contribution in [-0.2, 0) is 11.2 Å². The van der Waals surface area contributed by atoms with E-state index in [0.29, 0.717) is 39.9 Å². The number of furan rings is 1. The fourth-order valence-electron chi connectivity index (χ4n) is 4.56. The van der Waals surface area contributed by atoms with Crippen LogP contribution in [0.2, 0.25) is 0 Å². The van der Waals surface area contributed by atoms with Crippen LogP contribution < -0.4 is 9.47 Å². The van der Waals surface area contributed by atoms with Crippen LogP contribution in [0.5, 0.6) is 11.5 Å². The van der Waals surface area contributed by atoms with Gasteiger partial charge in [0.05, 0.1) is 42.8 Å². The summed E-state index contributed by atoms with van der Waals surface area (Å²) in [6.45, 7) is -0.415. The van der Waals surface area contributed by atoms with Crippen molar-refractivity contribution in [3.05, 3.63) is 89.0 Å². The Kier molecular flexibility index (Phi) is 6.54. The number of rotatable bonds is 7. The molecule has 0 spiro atoms. The summed E-state index contributed by atoms with van der Waals surface area (Å²) >= 11 is 0. The monoisotopic (exact) mass is 483 g/mol. The molecule has 7 heteroatoms. The third kappa shape index (κ3) is 4.47. The number of hydrogen-bond donors (Lipinski definition) is 0. The topological polar surface area (TPSA) is 87.9 Å². The molecule has 0 N–H and O–H groups in total. The molecule has 5 rings (SSSR count). The Bertz CT molecular complexity index is 1470. The number of hydrogen-bond acceptors (Lipinski definition) is 7. The molecule has 36 heavy (non-hydrogen) atoms. The lowest BCUT2D eigenvalue weighted by Gasteiger charge is -2.22. The van der Waals surface area contributed by atoms with Gasteiger partial charge in [0.25, 0.3) is 0 Å². The maximum atomic E-state index is 13.5. The Hall–Kier alpha value is -4.39. The summed E-state index contributed by atoms with van der Waals surface area (Å²) in [7, 11) is 3.01. The van der Waals surface area contributed by atoms with Gasteiger partial charge in [-0.25, -0.2) is 9.78 Å². The number of ketones is 1. The predicted octanol–water partition coefficient (Wildman–Crippen LogP) is 5.76. The summed E-state index contributed by atoms with van der Waals surface area (Å²) in [5, 5.41) is 0.704. The first-order chi connectivity index (χ1) is 17.6. The number of carbonyl (C=O) groups excluding carboxylic acids is 2. The summed E-state index contributed by atoms with van der Waals surface area (Å²) in [5.41, 5.74) is 4.07. The standard InChI is InChI=1S/C29H25NO6/c1-33-19-12-13-22(26(16-19)34-2)25(31)17-36-29(32)27-21-9-3-4-11-24(21)30-28-18(7-5-10-23(27)28)15-20-8-6-14-35-20/h3-4,6,8-9,11-16H,5,7,10,17H2,1-2H3/b18-15+. The molecular weight excluding hydrogens is 458 g/mol. The van der Waals surface area contributed by atoms with E-state index < -0.39 is 12.6 Å². The fraction of sp³-hybridized carbons (Fsp3) is 0.207. The molecule has 0 aliphatic heterocycles. The molecular formula is C29H25NO6. The maximum Gasteiger partial charge on any atom is 0.339 e. The van der Waals surface area contributed by atoms with Crippen LogP contribution in [-0.4, -0.2) is 37.6 Å². The molecule has 0 unspecified atom stereocenters. The van der Waals surface area contributed by atoms with E-state index in [0.717, 1.165) is 35.4 Å². The van der Waals surface area contributed by atoms with E-state index in [1.807, 2.05) is 42.5 Å². The largest absolute Gasteiger partial charge is 0.497 e. The van der Waals surface area contributed by atoms with Crippen molar-refractivity contribution >= 4 is 34.3 Å². The molecule has 0 saturated heterocycles. The van der Waals surface area contributed by atoms with Gasteiger partial charge in [0.15, 0.2) is 6.61 Å². The zero-order valence-corrected chi connectivity index (χ0v) is 20.1. The van der Waals surface area contributed by atoms with Gasteiger partial charge in [-0.15, -0.1) is 0 Å². The number of nitrogens with zero attached hydrogens (tertiary/aromatic N) is 1. The summed E-state index contributed by atoms with van der Waals surface area (Å²) in [6, 6.07) is 16.1. The van der Waals surface area contributed by atoms with Crippen molar-refractivity contribution in [2.45, 2.75) is 19.3 Å². The van der Waals surface area contributed by atoms with Crippen molar-refractivity contribution in [1.82, 2.24) is 4.98 Å². The highest BCUT2D eigenvalue weighted by Crippen LogP contribution is 2.36. The molecule has 2 heterocycles. The highest BCUT2D eigenvalue weighted by atomic mass is 16.5. The van der Waals surface area contributed by atoms with Gasteiger partial charge in [0.2, 0.25) is 5.78 Å². The van der Waals surface area contributed by atoms with Gasteiger partial charge in [-0.05, 0) is 66.8 Å². The molecule has 0 atom stereocenters. The molecule has 1 aliphatic carbocycles. The Morgan fingerprint density at radius 2 is 1.89 bits per heavy atom. The van der Waals surface area contributed by atoms with E-state index in [4.69, 9.17) is 23.6 Å². The van der Waals surface area contributed by atoms with E-state index in [1.54, 1.807) is 24.5 Å². The number of methoxy groups -OCH3 is 2. The van der Waals surface area contributed by atoms with Gasteiger partial charge in [-0.3, -0.25) is 4.79 Å². The lowest BCUT2D eigenvalue weighted by molar-refractivity contribution is 0.0474. The van der Waals surface area contributed by atoms with E-state index in [9.17, 15) is 9.59 Å². The summed E-state index contributed by atoms with van der Waals surface area (Å²) in [6.07, 6.45) is 5.97. The molecule has 0 amide bonds. The highest BCUT2D eigenvalue weighted by Gasteiger charge is 2.27. The lowest BCUT2D eigenvalue weighted by atomic mass is 9.86. The third-order valence-electron chi connectivity index (χ3n) is 6.28. The minimum Gasteiger partial charge on any atom is -0.497 e. The number of aromatic nitrogens is 1. The number of esters is 1. The average Bonchev–Trinajstić information content (AvgIpc) is 3.43. The Balaban J connectivity index is 1.49. The Labute approximate surface area is 208 Å². The number of benzene rings is 2.